The second kappa shape index (κ2) is 4.02. The molecule has 1 rings (SSSR count). The van der Waals surface area contributed by atoms with E-state index in [1.54, 1.807) is 20.2 Å². The molecule has 0 spiro atoms. The van der Waals surface area contributed by atoms with Crippen molar-refractivity contribution < 1.29 is 14.1 Å². The van der Waals surface area contributed by atoms with E-state index in [9.17, 15) is 4.79 Å². The van der Waals surface area contributed by atoms with Gasteiger partial charge in [-0.2, -0.15) is 0 Å². The van der Waals surface area contributed by atoms with Gasteiger partial charge in [0.1, 0.15) is 19.3 Å². The van der Waals surface area contributed by atoms with Crippen molar-refractivity contribution in [2.24, 2.45) is 5.10 Å². The molecule has 0 bridgehead atoms. The van der Waals surface area contributed by atoms with Crippen LogP contribution in [0.5, 0.6) is 0 Å². The monoisotopic (exact) mass is 212 g/mol. The van der Waals surface area contributed by atoms with Crippen molar-refractivity contribution in [3.05, 3.63) is 12.0 Å². The maximum Gasteiger partial charge on any atom is 0.418 e. The van der Waals surface area contributed by atoms with Crippen LogP contribution in [0.2, 0.25) is 0 Å². The fraction of sp³-hybridized carbons (Fsp3) is 0.600. The maximum absolute atomic E-state index is 11.4. The van der Waals surface area contributed by atoms with E-state index in [2.05, 4.69) is 5.10 Å². The molecule has 1 unspecified atom stereocenters. The van der Waals surface area contributed by atoms with Crippen LogP contribution in [-0.4, -0.2) is 49.0 Å². The van der Waals surface area contributed by atoms with Gasteiger partial charge >= 0.3 is 12.0 Å². The van der Waals surface area contributed by atoms with Crippen LogP contribution in [-0.2, 0) is 4.74 Å². The number of rotatable bonds is 2. The summed E-state index contributed by atoms with van der Waals surface area (Å²) in [5.74, 6) is 0.578. The van der Waals surface area contributed by atoms with Gasteiger partial charge in [0.25, 0.3) is 0 Å². The van der Waals surface area contributed by atoms with Gasteiger partial charge in [0, 0.05) is 14.1 Å². The van der Waals surface area contributed by atoms with E-state index in [0.29, 0.717) is 10.5 Å². The Labute approximate surface area is 90.2 Å². The molecular weight excluding hydrogens is 194 g/mol. The Hall–Kier alpha value is -1.36. The highest BCUT2D eigenvalue weighted by Crippen LogP contribution is 2.23. The number of amides is 1. The van der Waals surface area contributed by atoms with Crippen LogP contribution in [0.1, 0.15) is 13.8 Å². The molecule has 0 radical (unpaired) electrons. The zero-order chi connectivity index (χ0) is 11.6. The van der Waals surface area contributed by atoms with Crippen LogP contribution in [0, 0.1) is 0 Å². The van der Waals surface area contributed by atoms with Crippen molar-refractivity contribution >= 4 is 11.8 Å². The highest BCUT2D eigenvalue weighted by molar-refractivity contribution is 5.93. The van der Waals surface area contributed by atoms with Gasteiger partial charge in [0.15, 0.2) is 0 Å². The first-order chi connectivity index (χ1) is 6.89. The summed E-state index contributed by atoms with van der Waals surface area (Å²) < 4.78 is 5.55. The molecule has 0 aromatic heterocycles. The standard InChI is InChI=1S/C10H18N3O2/c1-6-13(5)9(7-8(2)11-13)15-10(14)12(3)4/h7H,6H2,1-5H3/q+1. The van der Waals surface area contributed by atoms with Gasteiger partial charge < -0.3 is 9.64 Å². The summed E-state index contributed by atoms with van der Waals surface area (Å²) in [6, 6.07) is 0. The minimum atomic E-state index is -0.371. The topological polar surface area (TPSA) is 41.9 Å². The molecule has 0 aromatic carbocycles. The first-order valence-electron chi connectivity index (χ1n) is 4.93. The van der Waals surface area contributed by atoms with Crippen molar-refractivity contribution in [1.29, 1.82) is 0 Å². The molecule has 84 valence electrons. The lowest BCUT2D eigenvalue weighted by Crippen LogP contribution is -2.38. The van der Waals surface area contributed by atoms with Gasteiger partial charge in [-0.1, -0.05) is 5.10 Å². The highest BCUT2D eigenvalue weighted by Gasteiger charge is 2.35. The second-order valence-corrected chi connectivity index (χ2v) is 3.94. The Balaban J connectivity index is 2.80. The third-order valence-corrected chi connectivity index (χ3v) is 2.36. The van der Waals surface area contributed by atoms with E-state index >= 15 is 0 Å². The van der Waals surface area contributed by atoms with E-state index in [0.717, 1.165) is 12.3 Å². The predicted octanol–water partition coefficient (Wildman–Crippen LogP) is 1.38. The maximum atomic E-state index is 11.4. The van der Waals surface area contributed by atoms with Crippen LogP contribution in [0.3, 0.4) is 0 Å². The molecule has 0 saturated heterocycles. The summed E-state index contributed by atoms with van der Waals surface area (Å²) in [6.07, 6.45) is 1.43. The van der Waals surface area contributed by atoms with Crippen molar-refractivity contribution in [3.63, 3.8) is 0 Å². The second-order valence-electron chi connectivity index (χ2n) is 3.94. The molecule has 1 aliphatic rings. The minimum Gasteiger partial charge on any atom is -0.360 e. The van der Waals surface area contributed by atoms with E-state index in [1.165, 1.54) is 4.90 Å². The summed E-state index contributed by atoms with van der Waals surface area (Å²) in [6.45, 7) is 4.64. The average molecular weight is 212 g/mol. The lowest BCUT2D eigenvalue weighted by atomic mass is 10.4. The quantitative estimate of drug-likeness (QED) is 0.649. The normalized spacial score (nSPS) is 24.6. The Morgan fingerprint density at radius 1 is 1.60 bits per heavy atom. The number of allylic oxidation sites excluding steroid dienone is 1. The van der Waals surface area contributed by atoms with E-state index < -0.39 is 0 Å². The smallest absolute Gasteiger partial charge is 0.360 e. The van der Waals surface area contributed by atoms with Crippen molar-refractivity contribution in [2.75, 3.05) is 27.7 Å². The zero-order valence-electron chi connectivity index (χ0n) is 9.94. The molecule has 5 nitrogen and oxygen atoms in total. The summed E-state index contributed by atoms with van der Waals surface area (Å²) >= 11 is 0. The lowest BCUT2D eigenvalue weighted by molar-refractivity contribution is -0.888. The summed E-state index contributed by atoms with van der Waals surface area (Å²) in [7, 11) is 5.22. The van der Waals surface area contributed by atoms with Crippen molar-refractivity contribution in [3.8, 4) is 0 Å². The number of hydrogen-bond acceptors (Lipinski definition) is 3. The Morgan fingerprint density at radius 3 is 2.67 bits per heavy atom. The summed E-state index contributed by atoms with van der Waals surface area (Å²) in [4.78, 5) is 12.8. The lowest BCUT2D eigenvalue weighted by Gasteiger charge is -2.23. The SMILES string of the molecule is CC[N+]1(C)N=C(C)C=C1OC(=O)N(C)C. The molecule has 0 fully saturated rings. The van der Waals surface area contributed by atoms with Gasteiger partial charge in [0.2, 0.25) is 0 Å². The number of hydrogen-bond donors (Lipinski definition) is 0. The van der Waals surface area contributed by atoms with Crippen molar-refractivity contribution in [2.45, 2.75) is 13.8 Å². The number of carbonyl (C=O) groups is 1. The third-order valence-electron chi connectivity index (χ3n) is 2.36. The van der Waals surface area contributed by atoms with Crippen LogP contribution in [0.15, 0.2) is 17.1 Å². The van der Waals surface area contributed by atoms with E-state index in [-0.39, 0.29) is 6.09 Å². The zero-order valence-corrected chi connectivity index (χ0v) is 9.94. The highest BCUT2D eigenvalue weighted by atomic mass is 16.6. The van der Waals surface area contributed by atoms with E-state index in [1.807, 2.05) is 20.9 Å². The molecule has 0 aromatic rings. The summed E-state index contributed by atoms with van der Waals surface area (Å²) in [5, 5.41) is 4.40. The fourth-order valence-corrected chi connectivity index (χ4v) is 1.28. The number of ether oxygens (including phenoxy) is 1. The summed E-state index contributed by atoms with van der Waals surface area (Å²) in [5.41, 5.74) is 0.876. The molecule has 0 N–H and O–H groups in total. The Kier molecular flexibility index (Phi) is 3.14. The molecule has 1 amide bonds. The number of quaternary nitrogens is 1. The molecule has 15 heavy (non-hydrogen) atoms. The molecule has 0 saturated carbocycles. The van der Waals surface area contributed by atoms with Crippen LogP contribution in [0.25, 0.3) is 0 Å². The molecular formula is C10H18N3O2+. The van der Waals surface area contributed by atoms with E-state index in [4.69, 9.17) is 4.74 Å². The van der Waals surface area contributed by atoms with Gasteiger partial charge in [-0.25, -0.2) is 4.79 Å². The Bertz CT molecular complexity index is 334. The van der Waals surface area contributed by atoms with Crippen LogP contribution >= 0.6 is 0 Å². The van der Waals surface area contributed by atoms with Gasteiger partial charge in [-0.3, -0.25) is 0 Å². The molecule has 1 heterocycles. The third kappa shape index (κ3) is 2.36. The molecule has 1 atom stereocenters. The predicted molar refractivity (Wildman–Crippen MR) is 58.1 cm³/mol. The molecule has 1 aliphatic heterocycles. The van der Waals surface area contributed by atoms with Crippen LogP contribution < -0.4 is 0 Å². The fourth-order valence-electron chi connectivity index (χ4n) is 1.28. The molecule has 5 heteroatoms. The first kappa shape index (κ1) is 11.7. The minimum absolute atomic E-state index is 0.297. The Morgan fingerprint density at radius 2 is 2.20 bits per heavy atom. The number of nitrogens with zero attached hydrogens (tertiary/aromatic N) is 3. The molecule has 0 aliphatic carbocycles. The van der Waals surface area contributed by atoms with Crippen molar-refractivity contribution in [1.82, 2.24) is 4.90 Å². The number of carbonyl (C=O) groups excluding carboxylic acids is 1. The first-order valence-corrected chi connectivity index (χ1v) is 4.93. The van der Waals surface area contributed by atoms with Gasteiger partial charge in [0.05, 0.1) is 6.08 Å². The largest absolute Gasteiger partial charge is 0.418 e. The van der Waals surface area contributed by atoms with Gasteiger partial charge in [-0.15, -0.1) is 4.59 Å². The average Bonchev–Trinajstić information content (AvgIpc) is 2.42. The van der Waals surface area contributed by atoms with Gasteiger partial charge in [-0.05, 0) is 13.8 Å². The van der Waals surface area contributed by atoms with Crippen LogP contribution in [0.4, 0.5) is 4.79 Å².